The van der Waals surface area contributed by atoms with Crippen LogP contribution < -0.4 is 34.3 Å². The van der Waals surface area contributed by atoms with Gasteiger partial charge >= 0.3 is 12.1 Å². The Morgan fingerprint density at radius 3 is 2.23 bits per heavy atom. The summed E-state index contributed by atoms with van der Waals surface area (Å²) in [5.41, 5.74) is 1.54. The Kier molecular flexibility index (Phi) is 17.4. The fraction of sp³-hybridized carbons (Fsp3) is 0.387. The molecule has 0 aliphatic rings. The van der Waals surface area contributed by atoms with Gasteiger partial charge in [-0.2, -0.15) is 0 Å². The van der Waals surface area contributed by atoms with E-state index < -0.39 is 23.9 Å². The Balaban J connectivity index is 1.76. The summed E-state index contributed by atoms with van der Waals surface area (Å²) in [7, 11) is 6.06. The molecule has 0 unspecified atom stereocenters. The Morgan fingerprint density at radius 1 is 0.896 bits per heavy atom. The van der Waals surface area contributed by atoms with Crippen molar-refractivity contribution in [2.45, 2.75) is 39.0 Å². The van der Waals surface area contributed by atoms with Gasteiger partial charge in [-0.05, 0) is 37.1 Å². The molecule has 262 valence electrons. The average molecular weight is 693 g/mol. The van der Waals surface area contributed by atoms with Crippen molar-refractivity contribution in [3.63, 3.8) is 0 Å². The lowest BCUT2D eigenvalue weighted by molar-refractivity contribution is -0.196. The normalized spacial score (nSPS) is 10.4. The number of hydroxylamine groups is 2. The number of anilines is 2. The third kappa shape index (κ3) is 13.2. The molecule has 0 fully saturated rings. The average Bonchev–Trinajstić information content (AvgIpc) is 3.08. The molecular weight excluding hydrogens is 652 g/mol. The molecule has 2 aromatic rings. The van der Waals surface area contributed by atoms with Gasteiger partial charge in [0.1, 0.15) is 35.9 Å². The van der Waals surface area contributed by atoms with E-state index in [9.17, 15) is 24.0 Å². The molecule has 3 N–H and O–H groups in total. The molecule has 0 saturated heterocycles. The molecule has 0 aliphatic heterocycles. The molecule has 0 aromatic heterocycles. The number of carbonyl (C=O) groups is 5. The van der Waals surface area contributed by atoms with Gasteiger partial charge in [0.15, 0.2) is 12.2 Å². The van der Waals surface area contributed by atoms with Gasteiger partial charge in [0.2, 0.25) is 5.91 Å². The summed E-state index contributed by atoms with van der Waals surface area (Å²) in [5, 5.41) is 5.50. The number of imide groups is 1. The van der Waals surface area contributed by atoms with Crippen molar-refractivity contribution in [2.75, 3.05) is 51.6 Å². The van der Waals surface area contributed by atoms with E-state index in [0.717, 1.165) is 12.2 Å². The first kappa shape index (κ1) is 38.9. The molecule has 16 nitrogen and oxygen atoms in total. The molecule has 0 radical (unpaired) electrons. The van der Waals surface area contributed by atoms with Crippen LogP contribution in [0.2, 0.25) is 0 Å². The molecule has 0 atom stereocenters. The summed E-state index contributed by atoms with van der Waals surface area (Å²) in [4.78, 5) is 63.5. The summed E-state index contributed by atoms with van der Waals surface area (Å²) >= 11 is 0.911. The third-order valence-electron chi connectivity index (χ3n) is 6.13. The van der Waals surface area contributed by atoms with Crippen molar-refractivity contribution in [1.29, 1.82) is 0 Å². The van der Waals surface area contributed by atoms with E-state index in [1.165, 1.54) is 27.6 Å². The quantitative estimate of drug-likeness (QED) is 0.0440. The first-order valence-electron chi connectivity index (χ1n) is 14.6. The minimum absolute atomic E-state index is 0.0235. The maximum Gasteiger partial charge on any atom is 0.411 e. The molecule has 0 saturated carbocycles. The van der Waals surface area contributed by atoms with Crippen LogP contribution in [0.15, 0.2) is 36.6 Å². The van der Waals surface area contributed by atoms with Gasteiger partial charge in [0.25, 0.3) is 12.3 Å². The van der Waals surface area contributed by atoms with E-state index in [0.29, 0.717) is 51.4 Å². The molecule has 0 aliphatic carbocycles. The highest BCUT2D eigenvalue weighted by atomic mass is 32.2. The van der Waals surface area contributed by atoms with Crippen LogP contribution in [0, 0.1) is 0 Å². The van der Waals surface area contributed by atoms with Crippen LogP contribution >= 0.6 is 12.2 Å². The number of methoxy groups -OCH3 is 4. The van der Waals surface area contributed by atoms with Gasteiger partial charge in [0, 0.05) is 37.1 Å². The van der Waals surface area contributed by atoms with E-state index in [2.05, 4.69) is 15.4 Å². The Labute approximate surface area is 282 Å². The zero-order chi connectivity index (χ0) is 35.3. The van der Waals surface area contributed by atoms with Crippen molar-refractivity contribution < 1.29 is 56.7 Å². The van der Waals surface area contributed by atoms with Gasteiger partial charge in [-0.15, -0.1) is 5.06 Å². The number of hydrogen-bond acceptors (Lipinski definition) is 14. The Hall–Kier alpha value is -5.32. The summed E-state index contributed by atoms with van der Waals surface area (Å²) in [5.74, 6) is 0.182. The van der Waals surface area contributed by atoms with E-state index in [4.69, 9.17) is 32.7 Å². The van der Waals surface area contributed by atoms with E-state index in [-0.39, 0.29) is 45.2 Å². The van der Waals surface area contributed by atoms with Gasteiger partial charge < -0.3 is 38.0 Å². The lowest BCUT2D eigenvalue weighted by atomic mass is 10.1. The highest BCUT2D eigenvalue weighted by molar-refractivity contribution is 7.96. The van der Waals surface area contributed by atoms with Gasteiger partial charge in [0.05, 0.1) is 46.2 Å². The predicted molar refractivity (Wildman–Crippen MR) is 176 cm³/mol. The highest BCUT2D eigenvalue weighted by Crippen LogP contribution is 2.35. The van der Waals surface area contributed by atoms with Crippen LogP contribution in [0.5, 0.6) is 23.0 Å². The van der Waals surface area contributed by atoms with E-state index in [1.807, 2.05) is 0 Å². The summed E-state index contributed by atoms with van der Waals surface area (Å²) < 4.78 is 35.0. The molecule has 0 bridgehead atoms. The first-order chi connectivity index (χ1) is 23.2. The van der Waals surface area contributed by atoms with Gasteiger partial charge in [-0.3, -0.25) is 24.4 Å². The maximum atomic E-state index is 12.4. The van der Waals surface area contributed by atoms with Crippen molar-refractivity contribution in [1.82, 2.24) is 10.4 Å². The zero-order valence-corrected chi connectivity index (χ0v) is 28.1. The molecule has 0 heterocycles. The number of hydrogen-bond donors (Lipinski definition) is 3. The van der Waals surface area contributed by atoms with Crippen molar-refractivity contribution >= 4 is 60.0 Å². The minimum Gasteiger partial charge on any atom is -0.496 e. The molecule has 4 amide bonds. The minimum atomic E-state index is -0.816. The maximum absolute atomic E-state index is 12.4. The second-order valence-corrected chi connectivity index (χ2v) is 10.0. The smallest absolute Gasteiger partial charge is 0.411 e. The molecule has 48 heavy (non-hydrogen) atoms. The van der Waals surface area contributed by atoms with Crippen LogP contribution in [0.1, 0.15) is 44.6 Å². The standard InChI is InChI=1S/C31H40N4O12S/c1-6-8-29(38)35(20-36)47-30(39)10-7-9-28(37)32-14-16-45-31(40)33-24-17-21(11-12-25(24)42-3)34-48-46-15-13-23-26(43-4)18-22(41-2)19-27(23)44-5/h11-13,15,17-20,34H,6-10,14,16H2,1-5H3,(H,32,37)(H,33,40)/b15-13+. The Morgan fingerprint density at radius 2 is 1.60 bits per heavy atom. The number of nitrogens with zero attached hydrogens (tertiary/aromatic N) is 1. The van der Waals surface area contributed by atoms with E-state index >= 15 is 0 Å². The summed E-state index contributed by atoms with van der Waals surface area (Å²) in [6.45, 7) is 1.63. The molecule has 2 aromatic carbocycles. The summed E-state index contributed by atoms with van der Waals surface area (Å²) in [6.07, 6.45) is 2.91. The number of rotatable bonds is 20. The largest absolute Gasteiger partial charge is 0.496 e. The Bertz CT molecular complexity index is 1400. The van der Waals surface area contributed by atoms with Crippen LogP contribution in [0.4, 0.5) is 16.2 Å². The molecule has 2 rings (SSSR count). The molecular formula is C31H40N4O12S. The predicted octanol–water partition coefficient (Wildman–Crippen LogP) is 4.46. The fourth-order valence-corrected chi connectivity index (χ4v) is 4.22. The zero-order valence-electron chi connectivity index (χ0n) is 27.3. The monoisotopic (exact) mass is 692 g/mol. The lowest BCUT2D eigenvalue weighted by Crippen LogP contribution is -2.32. The number of carbonyl (C=O) groups excluding carboxylic acids is 5. The number of amides is 4. The third-order valence-corrected chi connectivity index (χ3v) is 6.66. The van der Waals surface area contributed by atoms with E-state index in [1.54, 1.807) is 50.4 Å². The van der Waals surface area contributed by atoms with Crippen molar-refractivity contribution in [3.05, 3.63) is 42.2 Å². The second-order valence-electron chi connectivity index (χ2n) is 9.45. The highest BCUT2D eigenvalue weighted by Gasteiger charge is 2.18. The van der Waals surface area contributed by atoms with Crippen LogP contribution in [-0.4, -0.2) is 76.9 Å². The van der Waals surface area contributed by atoms with Crippen LogP contribution in [0.25, 0.3) is 6.08 Å². The number of benzene rings is 2. The SMILES string of the molecule is CCCC(=O)N(C=O)OC(=O)CCCC(=O)NCCOC(=O)Nc1cc(NSO/C=C/c2c(OC)cc(OC)cc2OC)ccc1OC. The van der Waals surface area contributed by atoms with Crippen molar-refractivity contribution in [2.24, 2.45) is 0 Å². The molecule has 17 heteroatoms. The van der Waals surface area contributed by atoms with Gasteiger partial charge in [-0.1, -0.05) is 6.92 Å². The first-order valence-corrected chi connectivity index (χ1v) is 15.3. The second kappa shape index (κ2) is 21.5. The lowest BCUT2D eigenvalue weighted by Gasteiger charge is -2.14. The van der Waals surface area contributed by atoms with Crippen LogP contribution in [0.3, 0.4) is 0 Å². The fourth-order valence-electron chi connectivity index (χ4n) is 3.83. The summed E-state index contributed by atoms with van der Waals surface area (Å²) in [6, 6.07) is 8.40. The van der Waals surface area contributed by atoms with Crippen LogP contribution in [-0.2, 0) is 32.9 Å². The number of nitrogens with one attached hydrogen (secondary N) is 3. The topological polar surface area (TPSA) is 189 Å². The van der Waals surface area contributed by atoms with Crippen molar-refractivity contribution in [3.8, 4) is 23.0 Å². The number of ether oxygens (including phenoxy) is 5. The van der Waals surface area contributed by atoms with Gasteiger partial charge in [-0.25, -0.2) is 9.59 Å². The molecule has 0 spiro atoms.